The molecule has 0 radical (unpaired) electrons. The minimum atomic E-state index is -1.66. The predicted octanol–water partition coefficient (Wildman–Crippen LogP) is 4.48. The molecule has 0 bridgehead atoms. The highest BCUT2D eigenvalue weighted by Crippen LogP contribution is 2.42. The molecule has 2 aliphatic rings. The summed E-state index contributed by atoms with van der Waals surface area (Å²) in [6, 6.07) is 10.9. The second-order valence-corrected chi connectivity index (χ2v) is 11.9. The van der Waals surface area contributed by atoms with Crippen LogP contribution in [0.2, 0.25) is 0 Å². The maximum absolute atomic E-state index is 13.3. The second-order valence-electron chi connectivity index (χ2n) is 11.9. The van der Waals surface area contributed by atoms with Gasteiger partial charge < -0.3 is 29.7 Å². The minimum Gasteiger partial charge on any atom is -0.493 e. The number of Topliss-reactive ketones (excluding diaryl/α,β-unsaturated/α-hetero) is 1. The Morgan fingerprint density at radius 3 is 2.38 bits per heavy atom. The summed E-state index contributed by atoms with van der Waals surface area (Å²) >= 11 is 0. The fraction of sp³-hybridized carbons (Fsp3) is 0.500. The van der Waals surface area contributed by atoms with E-state index in [-0.39, 0.29) is 36.9 Å². The van der Waals surface area contributed by atoms with Gasteiger partial charge in [-0.1, -0.05) is 32.9 Å². The summed E-state index contributed by atoms with van der Waals surface area (Å²) in [6.45, 7) is 9.69. The number of anilines is 1. The molecule has 1 fully saturated rings. The van der Waals surface area contributed by atoms with Gasteiger partial charge in [-0.05, 0) is 49.6 Å². The SMILES string of the molecule is CCOc1cc2c(cc1C(=O)NC)C(=N)N(CC(=O)CCC(Oc1ccccc1N1CCCC1)(C(=O)O)C(C)(C)C)C2. The Labute approximate surface area is 247 Å². The molecule has 2 heterocycles. The lowest BCUT2D eigenvalue weighted by Crippen LogP contribution is -2.55. The molecule has 3 N–H and O–H groups in total. The Kier molecular flexibility index (Phi) is 9.13. The number of hydrogen-bond donors (Lipinski definition) is 3. The highest BCUT2D eigenvalue weighted by Gasteiger charge is 2.52. The van der Waals surface area contributed by atoms with Gasteiger partial charge in [0, 0.05) is 50.5 Å². The first kappa shape index (κ1) is 30.9. The Morgan fingerprint density at radius 1 is 1.07 bits per heavy atom. The van der Waals surface area contributed by atoms with Crippen LogP contribution in [0.4, 0.5) is 5.69 Å². The molecule has 2 aromatic carbocycles. The monoisotopic (exact) mass is 578 g/mol. The first-order chi connectivity index (χ1) is 19.9. The van der Waals surface area contributed by atoms with Crippen molar-refractivity contribution in [3.05, 3.63) is 53.1 Å². The zero-order valence-corrected chi connectivity index (χ0v) is 25.2. The normalized spacial score (nSPS) is 16.2. The van der Waals surface area contributed by atoms with Gasteiger partial charge in [-0.15, -0.1) is 0 Å². The maximum atomic E-state index is 13.3. The van der Waals surface area contributed by atoms with Crippen LogP contribution in [0.25, 0.3) is 0 Å². The van der Waals surface area contributed by atoms with Crippen molar-refractivity contribution in [1.82, 2.24) is 10.2 Å². The van der Waals surface area contributed by atoms with Crippen molar-refractivity contribution < 1.29 is 29.0 Å². The quantitative estimate of drug-likeness (QED) is 0.336. The van der Waals surface area contributed by atoms with E-state index in [9.17, 15) is 19.5 Å². The summed E-state index contributed by atoms with van der Waals surface area (Å²) < 4.78 is 12.1. The number of ether oxygens (including phenoxy) is 2. The highest BCUT2D eigenvalue weighted by atomic mass is 16.5. The molecule has 10 nitrogen and oxygen atoms in total. The Balaban J connectivity index is 1.52. The molecule has 0 spiro atoms. The van der Waals surface area contributed by atoms with Crippen LogP contribution in [0.5, 0.6) is 11.5 Å². The average molecular weight is 579 g/mol. The fourth-order valence-corrected chi connectivity index (χ4v) is 5.76. The van der Waals surface area contributed by atoms with Crippen LogP contribution in [-0.4, -0.2) is 72.4 Å². The number of ketones is 1. The Hall–Kier alpha value is -4.08. The van der Waals surface area contributed by atoms with Gasteiger partial charge in [0.25, 0.3) is 5.91 Å². The van der Waals surface area contributed by atoms with Crippen LogP contribution in [0.1, 0.15) is 74.9 Å². The van der Waals surface area contributed by atoms with Crippen molar-refractivity contribution in [1.29, 1.82) is 5.41 Å². The van der Waals surface area contributed by atoms with E-state index in [0.29, 0.717) is 35.8 Å². The zero-order valence-electron chi connectivity index (χ0n) is 25.2. The van der Waals surface area contributed by atoms with Crippen molar-refractivity contribution in [3.63, 3.8) is 0 Å². The van der Waals surface area contributed by atoms with E-state index >= 15 is 0 Å². The molecule has 10 heteroatoms. The van der Waals surface area contributed by atoms with Crippen LogP contribution >= 0.6 is 0 Å². The number of carboxylic acid groups (broad SMARTS) is 1. The van der Waals surface area contributed by atoms with Gasteiger partial charge in [0.05, 0.1) is 24.4 Å². The molecule has 2 aromatic rings. The van der Waals surface area contributed by atoms with Gasteiger partial charge in [-0.3, -0.25) is 15.0 Å². The van der Waals surface area contributed by atoms with Gasteiger partial charge in [-0.2, -0.15) is 0 Å². The zero-order chi connectivity index (χ0) is 30.7. The number of nitrogens with one attached hydrogen (secondary N) is 2. The summed E-state index contributed by atoms with van der Waals surface area (Å²) in [5, 5.41) is 21.9. The first-order valence-electron chi connectivity index (χ1n) is 14.6. The van der Waals surface area contributed by atoms with Gasteiger partial charge >= 0.3 is 5.97 Å². The lowest BCUT2D eigenvalue weighted by molar-refractivity contribution is -0.167. The third kappa shape index (κ3) is 6.07. The van der Waals surface area contributed by atoms with Crippen molar-refractivity contribution >= 4 is 29.2 Å². The average Bonchev–Trinajstić information content (AvgIpc) is 3.58. The molecule has 226 valence electrons. The van der Waals surface area contributed by atoms with Crippen molar-refractivity contribution in [2.45, 2.75) is 65.5 Å². The van der Waals surface area contributed by atoms with Crippen LogP contribution in [0.3, 0.4) is 0 Å². The van der Waals surface area contributed by atoms with E-state index in [0.717, 1.165) is 37.2 Å². The third-order valence-electron chi connectivity index (χ3n) is 8.19. The molecule has 1 amide bonds. The number of carbonyl (C=O) groups excluding carboxylic acids is 2. The molecule has 0 saturated carbocycles. The molecule has 1 unspecified atom stereocenters. The van der Waals surface area contributed by atoms with Gasteiger partial charge in [0.2, 0.25) is 5.60 Å². The lowest BCUT2D eigenvalue weighted by atomic mass is 9.73. The van der Waals surface area contributed by atoms with Gasteiger partial charge in [0.1, 0.15) is 17.3 Å². The number of hydrogen-bond acceptors (Lipinski definition) is 7. The predicted molar refractivity (Wildman–Crippen MR) is 161 cm³/mol. The molecule has 2 aliphatic heterocycles. The van der Waals surface area contributed by atoms with E-state index in [1.54, 1.807) is 23.1 Å². The third-order valence-corrected chi connectivity index (χ3v) is 8.19. The summed E-state index contributed by atoms with van der Waals surface area (Å²) in [7, 11) is 1.53. The summed E-state index contributed by atoms with van der Waals surface area (Å²) in [5.74, 6) is -0.567. The van der Waals surface area contributed by atoms with Crippen molar-refractivity contribution in [3.8, 4) is 11.5 Å². The van der Waals surface area contributed by atoms with Crippen LogP contribution in [-0.2, 0) is 16.1 Å². The topological polar surface area (TPSA) is 132 Å². The van der Waals surface area contributed by atoms with Crippen LogP contribution in [0, 0.1) is 10.8 Å². The van der Waals surface area contributed by atoms with E-state index in [4.69, 9.17) is 14.9 Å². The number of benzene rings is 2. The number of amidine groups is 1. The standard InChI is InChI=1S/C32H42N4O6/c1-6-41-27-17-21-19-36(28(33)23(21)18-24(27)29(38)34-5)20-22(37)13-14-32(30(39)40,31(2,3)4)42-26-12-8-7-11-25(26)35-15-9-10-16-35/h7-8,11-12,17-18,33H,6,9-10,13-16,19-20H2,1-5H3,(H,34,38)(H,39,40). The molecular formula is C32H42N4O6. The number of para-hydroxylation sites is 2. The van der Waals surface area contributed by atoms with Crippen molar-refractivity contribution in [2.75, 3.05) is 38.2 Å². The Bertz CT molecular complexity index is 1360. The lowest BCUT2D eigenvalue weighted by Gasteiger charge is -2.42. The summed E-state index contributed by atoms with van der Waals surface area (Å²) in [5.41, 5.74) is 0.0663. The van der Waals surface area contributed by atoms with E-state index < -0.39 is 17.0 Å². The van der Waals surface area contributed by atoms with E-state index in [2.05, 4.69) is 10.2 Å². The molecule has 0 aliphatic carbocycles. The molecule has 1 saturated heterocycles. The number of carbonyl (C=O) groups is 3. The molecule has 4 rings (SSSR count). The summed E-state index contributed by atoms with van der Waals surface area (Å²) in [4.78, 5) is 42.5. The Morgan fingerprint density at radius 2 is 1.76 bits per heavy atom. The van der Waals surface area contributed by atoms with Crippen LogP contribution in [0.15, 0.2) is 36.4 Å². The number of rotatable bonds is 12. The van der Waals surface area contributed by atoms with Gasteiger partial charge in [0.15, 0.2) is 5.78 Å². The van der Waals surface area contributed by atoms with Crippen molar-refractivity contribution in [2.24, 2.45) is 5.41 Å². The van der Waals surface area contributed by atoms with Crippen LogP contribution < -0.4 is 19.7 Å². The summed E-state index contributed by atoms with van der Waals surface area (Å²) in [6.07, 6.45) is 2.08. The largest absolute Gasteiger partial charge is 0.493 e. The minimum absolute atomic E-state index is 0.0254. The number of fused-ring (bicyclic) bond motifs is 1. The first-order valence-corrected chi connectivity index (χ1v) is 14.6. The molecule has 0 aromatic heterocycles. The number of aliphatic carboxylic acids is 1. The maximum Gasteiger partial charge on any atom is 0.348 e. The van der Waals surface area contributed by atoms with E-state index in [1.807, 2.05) is 45.9 Å². The number of nitrogens with zero attached hydrogens (tertiary/aromatic N) is 2. The number of amides is 1. The van der Waals surface area contributed by atoms with E-state index in [1.165, 1.54) is 7.05 Å². The molecule has 42 heavy (non-hydrogen) atoms. The fourth-order valence-electron chi connectivity index (χ4n) is 5.76. The second kappa shape index (κ2) is 12.4. The highest BCUT2D eigenvalue weighted by molar-refractivity contribution is 6.06. The molecule has 1 atom stereocenters. The van der Waals surface area contributed by atoms with Gasteiger partial charge in [-0.25, -0.2) is 4.79 Å². The smallest absolute Gasteiger partial charge is 0.348 e. The number of carboxylic acids is 1. The molecular weight excluding hydrogens is 536 g/mol.